The van der Waals surface area contributed by atoms with Crippen molar-refractivity contribution in [3.8, 4) is 5.75 Å². The number of ether oxygens (including phenoxy) is 1. The Bertz CT molecular complexity index is 911. The van der Waals surface area contributed by atoms with Crippen molar-refractivity contribution in [1.29, 1.82) is 0 Å². The van der Waals surface area contributed by atoms with Gasteiger partial charge in [0.15, 0.2) is 0 Å². The zero-order valence-electron chi connectivity index (χ0n) is 15.1. The highest BCUT2D eigenvalue weighted by Gasteiger charge is 2.19. The van der Waals surface area contributed by atoms with Gasteiger partial charge in [0.1, 0.15) is 23.2 Å². The van der Waals surface area contributed by atoms with E-state index in [0.717, 1.165) is 48.4 Å². The lowest BCUT2D eigenvalue weighted by atomic mass is 9.99. The molecule has 5 nitrogen and oxygen atoms in total. The molecule has 3 aromatic rings. The van der Waals surface area contributed by atoms with Gasteiger partial charge < -0.3 is 15.0 Å². The Hall–Kier alpha value is -3.08. The number of nitrogens with zero attached hydrogens (tertiary/aromatic N) is 3. The predicted molar refractivity (Wildman–Crippen MR) is 104 cm³/mol. The van der Waals surface area contributed by atoms with E-state index in [1.165, 1.54) is 11.1 Å². The summed E-state index contributed by atoms with van der Waals surface area (Å²) in [7, 11) is 1.71. The molecular formula is C21H22N4O. The quantitative estimate of drug-likeness (QED) is 0.771. The van der Waals surface area contributed by atoms with Crippen LogP contribution in [-0.4, -0.2) is 23.6 Å². The van der Waals surface area contributed by atoms with Crippen LogP contribution in [0.25, 0.3) is 0 Å². The number of aryl methyl sites for hydroxylation is 1. The van der Waals surface area contributed by atoms with Crippen LogP contribution in [-0.2, 0) is 13.0 Å². The van der Waals surface area contributed by atoms with Crippen LogP contribution in [0.15, 0.2) is 54.6 Å². The van der Waals surface area contributed by atoms with Gasteiger partial charge in [-0.1, -0.05) is 24.3 Å². The molecule has 1 N–H and O–H groups in total. The van der Waals surface area contributed by atoms with Gasteiger partial charge in [-0.3, -0.25) is 0 Å². The molecular weight excluding hydrogens is 324 g/mol. The van der Waals surface area contributed by atoms with Crippen LogP contribution in [0.3, 0.4) is 0 Å². The number of fused-ring (bicyclic) bond motifs is 1. The first kappa shape index (κ1) is 16.4. The van der Waals surface area contributed by atoms with Crippen molar-refractivity contribution >= 4 is 17.3 Å². The first-order valence-electron chi connectivity index (χ1n) is 8.80. The van der Waals surface area contributed by atoms with Gasteiger partial charge in [-0.25, -0.2) is 9.97 Å². The highest BCUT2D eigenvalue weighted by molar-refractivity contribution is 5.60. The number of methoxy groups -OCH3 is 1. The van der Waals surface area contributed by atoms with E-state index >= 15 is 0 Å². The highest BCUT2D eigenvalue weighted by atomic mass is 16.5. The van der Waals surface area contributed by atoms with Crippen LogP contribution in [0.1, 0.15) is 17.0 Å². The minimum atomic E-state index is 0.765. The average molecular weight is 346 g/mol. The Balaban J connectivity index is 1.58. The van der Waals surface area contributed by atoms with Crippen LogP contribution in [0, 0.1) is 6.92 Å². The topological polar surface area (TPSA) is 50.3 Å². The molecule has 0 bridgehead atoms. The maximum atomic E-state index is 5.34. The maximum absolute atomic E-state index is 5.34. The normalized spacial score (nSPS) is 13.2. The third kappa shape index (κ3) is 3.47. The summed E-state index contributed by atoms with van der Waals surface area (Å²) in [5, 5.41) is 3.36. The third-order valence-electron chi connectivity index (χ3n) is 4.62. The van der Waals surface area contributed by atoms with E-state index in [4.69, 9.17) is 4.74 Å². The Labute approximate surface area is 153 Å². The molecule has 1 aliphatic heterocycles. The molecule has 1 aliphatic rings. The Kier molecular flexibility index (Phi) is 4.44. The Morgan fingerprint density at radius 2 is 1.85 bits per heavy atom. The van der Waals surface area contributed by atoms with Crippen molar-refractivity contribution in [3.63, 3.8) is 0 Å². The highest BCUT2D eigenvalue weighted by Crippen LogP contribution is 2.27. The summed E-state index contributed by atoms with van der Waals surface area (Å²) >= 11 is 0. The van der Waals surface area contributed by atoms with Gasteiger partial charge in [0, 0.05) is 24.8 Å². The summed E-state index contributed by atoms with van der Waals surface area (Å²) in [5.41, 5.74) is 3.70. The van der Waals surface area contributed by atoms with Crippen LogP contribution in [0.5, 0.6) is 5.75 Å². The van der Waals surface area contributed by atoms with Crippen molar-refractivity contribution in [2.45, 2.75) is 19.9 Å². The van der Waals surface area contributed by atoms with E-state index < -0.39 is 0 Å². The lowest BCUT2D eigenvalue weighted by Gasteiger charge is -2.30. The van der Waals surface area contributed by atoms with E-state index in [0.29, 0.717) is 0 Å². The summed E-state index contributed by atoms with van der Waals surface area (Å²) in [4.78, 5) is 11.5. The summed E-state index contributed by atoms with van der Waals surface area (Å²) in [5.74, 6) is 3.46. The molecule has 0 amide bonds. The fourth-order valence-corrected chi connectivity index (χ4v) is 3.30. The Morgan fingerprint density at radius 1 is 1.00 bits per heavy atom. The second-order valence-electron chi connectivity index (χ2n) is 6.46. The van der Waals surface area contributed by atoms with Gasteiger partial charge >= 0.3 is 0 Å². The number of aromatic nitrogens is 2. The van der Waals surface area contributed by atoms with E-state index in [2.05, 4.69) is 32.3 Å². The smallest absolute Gasteiger partial charge is 0.136 e. The molecule has 132 valence electrons. The zero-order valence-corrected chi connectivity index (χ0v) is 15.1. The maximum Gasteiger partial charge on any atom is 0.136 e. The molecule has 0 saturated heterocycles. The molecule has 2 heterocycles. The number of hydrogen-bond acceptors (Lipinski definition) is 5. The first-order valence-corrected chi connectivity index (χ1v) is 8.80. The minimum absolute atomic E-state index is 0.765. The predicted octanol–water partition coefficient (Wildman–Crippen LogP) is 4.10. The molecule has 1 aromatic heterocycles. The fraction of sp³-hybridized carbons (Fsp3) is 0.238. The number of para-hydroxylation sites is 1. The SMILES string of the molecule is COc1ccc2c(c1)CCN(c1cc(Nc3ccccc3)nc(C)n1)C2. The molecule has 0 unspecified atom stereocenters. The van der Waals surface area contributed by atoms with Crippen LogP contribution >= 0.6 is 0 Å². The molecule has 26 heavy (non-hydrogen) atoms. The first-order chi connectivity index (χ1) is 12.7. The van der Waals surface area contributed by atoms with Crippen molar-refractivity contribution in [1.82, 2.24) is 9.97 Å². The number of rotatable bonds is 4. The van der Waals surface area contributed by atoms with E-state index in [1.54, 1.807) is 7.11 Å². The average Bonchev–Trinajstić information content (AvgIpc) is 2.67. The lowest BCUT2D eigenvalue weighted by molar-refractivity contribution is 0.413. The van der Waals surface area contributed by atoms with Crippen LogP contribution in [0.4, 0.5) is 17.3 Å². The molecule has 2 aromatic carbocycles. The van der Waals surface area contributed by atoms with Gasteiger partial charge in [0.05, 0.1) is 7.11 Å². The summed E-state index contributed by atoms with van der Waals surface area (Å²) in [6.45, 7) is 3.71. The van der Waals surface area contributed by atoms with Crippen molar-refractivity contribution in [2.75, 3.05) is 23.9 Å². The van der Waals surface area contributed by atoms with Crippen molar-refractivity contribution in [2.24, 2.45) is 0 Å². The molecule has 4 rings (SSSR count). The molecule has 0 atom stereocenters. The number of benzene rings is 2. The van der Waals surface area contributed by atoms with Gasteiger partial charge in [0.2, 0.25) is 0 Å². The molecule has 0 aliphatic carbocycles. The second-order valence-corrected chi connectivity index (χ2v) is 6.46. The van der Waals surface area contributed by atoms with Gasteiger partial charge in [-0.2, -0.15) is 0 Å². The molecule has 0 fully saturated rings. The van der Waals surface area contributed by atoms with E-state index in [9.17, 15) is 0 Å². The van der Waals surface area contributed by atoms with Gasteiger partial charge in [-0.15, -0.1) is 0 Å². The minimum Gasteiger partial charge on any atom is -0.497 e. The van der Waals surface area contributed by atoms with Crippen molar-refractivity contribution in [3.05, 3.63) is 71.5 Å². The molecule has 0 saturated carbocycles. The second kappa shape index (κ2) is 7.04. The molecule has 5 heteroatoms. The zero-order chi connectivity index (χ0) is 17.9. The summed E-state index contributed by atoms with van der Waals surface area (Å²) in [6.07, 6.45) is 0.983. The summed E-state index contributed by atoms with van der Waals surface area (Å²) < 4.78 is 5.34. The van der Waals surface area contributed by atoms with Gasteiger partial charge in [0.25, 0.3) is 0 Å². The lowest BCUT2D eigenvalue weighted by Crippen LogP contribution is -2.31. The van der Waals surface area contributed by atoms with E-state index in [1.807, 2.05) is 49.4 Å². The summed E-state index contributed by atoms with van der Waals surface area (Å²) in [6, 6.07) is 18.4. The Morgan fingerprint density at radius 3 is 2.65 bits per heavy atom. The van der Waals surface area contributed by atoms with Crippen molar-refractivity contribution < 1.29 is 4.74 Å². The van der Waals surface area contributed by atoms with Crippen LogP contribution < -0.4 is 15.0 Å². The monoisotopic (exact) mass is 346 g/mol. The molecule has 0 radical (unpaired) electrons. The fourth-order valence-electron chi connectivity index (χ4n) is 3.30. The van der Waals surface area contributed by atoms with Gasteiger partial charge in [-0.05, 0) is 48.7 Å². The standard InChI is InChI=1S/C21H22N4O/c1-15-22-20(24-18-6-4-3-5-7-18)13-21(23-15)25-11-10-16-12-19(26-2)9-8-17(16)14-25/h3-9,12-13H,10-11,14H2,1-2H3,(H,22,23,24). The molecule has 0 spiro atoms. The largest absolute Gasteiger partial charge is 0.497 e. The van der Waals surface area contributed by atoms with E-state index in [-0.39, 0.29) is 0 Å². The number of anilines is 3. The third-order valence-corrected chi connectivity index (χ3v) is 4.62. The number of nitrogens with one attached hydrogen (secondary N) is 1. The van der Waals surface area contributed by atoms with Crippen LogP contribution in [0.2, 0.25) is 0 Å². The number of hydrogen-bond donors (Lipinski definition) is 1.